The van der Waals surface area contributed by atoms with Gasteiger partial charge in [-0.25, -0.2) is 0 Å². The van der Waals surface area contributed by atoms with Gasteiger partial charge in [0.25, 0.3) is 0 Å². The van der Waals surface area contributed by atoms with Crippen LogP contribution in [0.1, 0.15) is 17.2 Å². The zero-order valence-corrected chi connectivity index (χ0v) is 26.3. The second kappa shape index (κ2) is 15.6. The Hall–Kier alpha value is -3.80. The average Bonchev–Trinajstić information content (AvgIpc) is 3.03. The summed E-state index contributed by atoms with van der Waals surface area (Å²) in [7, 11) is 8.38. The maximum Gasteiger partial charge on any atom is 0.245 e. The molecule has 10 nitrogen and oxygen atoms in total. The number of ether oxygens (including phenoxy) is 6. The summed E-state index contributed by atoms with van der Waals surface area (Å²) in [6.45, 7) is 3.32. The molecule has 0 spiro atoms. The normalized spacial score (nSPS) is 14.3. The van der Waals surface area contributed by atoms with E-state index in [0.29, 0.717) is 67.3 Å². The lowest BCUT2D eigenvalue weighted by Crippen LogP contribution is -2.40. The van der Waals surface area contributed by atoms with E-state index in [4.69, 9.17) is 34.2 Å². The van der Waals surface area contributed by atoms with Crippen LogP contribution in [0.4, 0.5) is 5.69 Å². The second-order valence-corrected chi connectivity index (χ2v) is 11.0. The molecule has 0 aromatic heterocycles. The molecule has 0 radical (unpaired) electrons. The van der Waals surface area contributed by atoms with Crippen LogP contribution < -0.4 is 39.1 Å². The summed E-state index contributed by atoms with van der Waals surface area (Å²) >= 11 is 1.53. The lowest BCUT2D eigenvalue weighted by Gasteiger charge is -2.34. The van der Waals surface area contributed by atoms with E-state index in [1.54, 1.807) is 45.5 Å². The third kappa shape index (κ3) is 7.78. The minimum absolute atomic E-state index is 0.0147. The van der Waals surface area contributed by atoms with Crippen molar-refractivity contribution in [1.29, 1.82) is 0 Å². The Kier molecular flexibility index (Phi) is 11.7. The van der Waals surface area contributed by atoms with Gasteiger partial charge in [-0.15, -0.1) is 11.8 Å². The van der Waals surface area contributed by atoms with Crippen LogP contribution in [0.3, 0.4) is 0 Å². The van der Waals surface area contributed by atoms with E-state index in [1.165, 1.54) is 11.8 Å². The maximum atomic E-state index is 13.7. The van der Waals surface area contributed by atoms with Gasteiger partial charge < -0.3 is 44.0 Å². The maximum absolute atomic E-state index is 13.7. The molecule has 232 valence electrons. The van der Waals surface area contributed by atoms with Gasteiger partial charge in [0.05, 0.1) is 40.7 Å². The monoisotopic (exact) mass is 611 g/mol. The van der Waals surface area contributed by atoms with Gasteiger partial charge >= 0.3 is 0 Å². The molecule has 0 saturated heterocycles. The van der Waals surface area contributed by atoms with Crippen molar-refractivity contribution in [2.24, 2.45) is 5.73 Å². The van der Waals surface area contributed by atoms with Gasteiger partial charge in [-0.1, -0.05) is 12.1 Å². The predicted octanol–water partition coefficient (Wildman–Crippen LogP) is 4.64. The van der Waals surface area contributed by atoms with Crippen LogP contribution in [0.2, 0.25) is 0 Å². The highest BCUT2D eigenvalue weighted by atomic mass is 32.2. The number of anilines is 1. The summed E-state index contributed by atoms with van der Waals surface area (Å²) in [4.78, 5) is 18.7. The average molecular weight is 612 g/mol. The Balaban J connectivity index is 1.34. The van der Waals surface area contributed by atoms with Crippen LogP contribution in [0.15, 0.2) is 59.5 Å². The van der Waals surface area contributed by atoms with Crippen molar-refractivity contribution in [3.05, 3.63) is 60.2 Å². The van der Waals surface area contributed by atoms with Gasteiger partial charge in [0.2, 0.25) is 11.7 Å². The Morgan fingerprint density at radius 1 is 0.837 bits per heavy atom. The highest BCUT2D eigenvalue weighted by molar-refractivity contribution is 8.00. The van der Waals surface area contributed by atoms with Crippen LogP contribution in [0.25, 0.3) is 0 Å². The molecule has 1 heterocycles. The first-order valence-corrected chi connectivity index (χ1v) is 15.0. The molecule has 0 saturated carbocycles. The lowest BCUT2D eigenvalue weighted by atomic mass is 10.1. The van der Waals surface area contributed by atoms with Crippen molar-refractivity contribution in [2.45, 2.75) is 16.6 Å². The zero-order valence-electron chi connectivity index (χ0n) is 25.5. The number of carbonyl (C=O) groups is 1. The topological polar surface area (TPSA) is 105 Å². The molecule has 0 fully saturated rings. The fourth-order valence-electron chi connectivity index (χ4n) is 4.85. The van der Waals surface area contributed by atoms with Crippen LogP contribution in [0, 0.1) is 0 Å². The summed E-state index contributed by atoms with van der Waals surface area (Å²) in [6, 6.07) is 17.1. The van der Waals surface area contributed by atoms with Crippen molar-refractivity contribution in [3.63, 3.8) is 0 Å². The Morgan fingerprint density at radius 2 is 1.58 bits per heavy atom. The lowest BCUT2D eigenvalue weighted by molar-refractivity contribution is -0.118. The van der Waals surface area contributed by atoms with E-state index in [-0.39, 0.29) is 5.91 Å². The molecule has 1 amide bonds. The quantitative estimate of drug-likeness (QED) is 0.230. The SMILES string of the molecule is COc1ccc(OCCCN(C)CCOc2cc(OC)c(OC)c(OC)c2)c(C2Sc3ccccc3N(CCN)C2=O)c1. The Labute approximate surface area is 257 Å². The minimum Gasteiger partial charge on any atom is -0.497 e. The number of amides is 1. The van der Waals surface area contributed by atoms with Gasteiger partial charge in [0.1, 0.15) is 29.1 Å². The fraction of sp³-hybridized carbons (Fsp3) is 0.406. The number of hydrogen-bond acceptors (Lipinski definition) is 10. The van der Waals surface area contributed by atoms with Gasteiger partial charge in [0, 0.05) is 48.8 Å². The number of thioether (sulfide) groups is 1. The number of fused-ring (bicyclic) bond motifs is 1. The molecule has 11 heteroatoms. The molecule has 4 rings (SSSR count). The van der Waals surface area contributed by atoms with Gasteiger partial charge in [0.15, 0.2) is 11.5 Å². The van der Waals surface area contributed by atoms with E-state index in [2.05, 4.69) is 4.90 Å². The first-order valence-electron chi connectivity index (χ1n) is 14.1. The molecule has 0 bridgehead atoms. The molecule has 1 unspecified atom stereocenters. The standard InChI is InChI=1S/C32H41N3O7S/c1-34(16-18-41-23-20-27(38-3)30(40-5)28(21-23)39-4)14-8-17-42-26-12-11-22(37-2)19-24(26)31-32(36)35(15-13-33)25-9-6-7-10-29(25)43-31/h6-7,9-12,19-21,31H,8,13-18,33H2,1-5H3. The van der Waals surface area contributed by atoms with Crippen LogP contribution in [-0.2, 0) is 4.79 Å². The molecule has 2 N–H and O–H groups in total. The number of nitrogens with two attached hydrogens (primary N) is 1. The van der Waals surface area contributed by atoms with E-state index in [1.807, 2.05) is 49.5 Å². The van der Waals surface area contributed by atoms with E-state index in [9.17, 15) is 4.79 Å². The summed E-state index contributed by atoms with van der Waals surface area (Å²) in [5.41, 5.74) is 7.55. The van der Waals surface area contributed by atoms with E-state index >= 15 is 0 Å². The number of para-hydroxylation sites is 1. The summed E-state index contributed by atoms with van der Waals surface area (Å²) in [5.74, 6) is 3.59. The van der Waals surface area contributed by atoms with Crippen molar-refractivity contribution in [3.8, 4) is 34.5 Å². The number of methoxy groups -OCH3 is 4. The minimum atomic E-state index is -0.471. The number of likely N-dealkylation sites (N-methyl/N-ethyl adjacent to an activating group) is 1. The largest absolute Gasteiger partial charge is 0.497 e. The van der Waals surface area contributed by atoms with Gasteiger partial charge in [-0.05, 0) is 43.8 Å². The number of benzene rings is 3. The number of rotatable bonds is 16. The van der Waals surface area contributed by atoms with E-state index in [0.717, 1.165) is 29.1 Å². The molecule has 43 heavy (non-hydrogen) atoms. The molecule has 3 aromatic carbocycles. The third-order valence-electron chi connectivity index (χ3n) is 7.07. The highest BCUT2D eigenvalue weighted by Crippen LogP contribution is 2.49. The predicted molar refractivity (Wildman–Crippen MR) is 169 cm³/mol. The zero-order chi connectivity index (χ0) is 30.8. The van der Waals surface area contributed by atoms with Gasteiger partial charge in [-0.3, -0.25) is 4.79 Å². The Bertz CT molecular complexity index is 1350. The molecule has 1 aliphatic heterocycles. The number of nitrogens with zero attached hydrogens (tertiary/aromatic N) is 2. The molecular weight excluding hydrogens is 570 g/mol. The van der Waals surface area contributed by atoms with E-state index < -0.39 is 5.25 Å². The summed E-state index contributed by atoms with van der Waals surface area (Å²) in [5, 5.41) is -0.471. The fourth-order valence-corrected chi connectivity index (χ4v) is 6.10. The molecule has 1 aliphatic rings. The third-order valence-corrected chi connectivity index (χ3v) is 8.36. The smallest absolute Gasteiger partial charge is 0.245 e. The van der Waals surface area contributed by atoms with Crippen molar-refractivity contribution < 1.29 is 33.2 Å². The summed E-state index contributed by atoms with van der Waals surface area (Å²) in [6.07, 6.45) is 0.792. The van der Waals surface area contributed by atoms with Gasteiger partial charge in [-0.2, -0.15) is 0 Å². The van der Waals surface area contributed by atoms with Crippen molar-refractivity contribution >= 4 is 23.4 Å². The molecule has 3 aromatic rings. The summed E-state index contributed by atoms with van der Waals surface area (Å²) < 4.78 is 33.9. The first-order chi connectivity index (χ1) is 20.9. The number of hydrogen-bond donors (Lipinski definition) is 1. The second-order valence-electron chi connectivity index (χ2n) is 9.86. The van der Waals surface area contributed by atoms with Crippen LogP contribution in [-0.4, -0.2) is 85.7 Å². The molecule has 1 atom stereocenters. The van der Waals surface area contributed by atoms with Crippen LogP contribution in [0.5, 0.6) is 34.5 Å². The van der Waals surface area contributed by atoms with Crippen molar-refractivity contribution in [1.82, 2.24) is 4.90 Å². The first kappa shape index (κ1) is 32.1. The molecule has 0 aliphatic carbocycles. The molecular formula is C32H41N3O7S. The number of carbonyl (C=O) groups excluding carboxylic acids is 1. The van der Waals surface area contributed by atoms with Crippen LogP contribution >= 0.6 is 11.8 Å². The Morgan fingerprint density at radius 3 is 2.26 bits per heavy atom. The highest BCUT2D eigenvalue weighted by Gasteiger charge is 2.36. The van der Waals surface area contributed by atoms with Crippen molar-refractivity contribution in [2.75, 3.05) is 79.8 Å².